The lowest BCUT2D eigenvalue weighted by Gasteiger charge is -2.12. The number of nitrogens with zero attached hydrogens (tertiary/aromatic N) is 4. The van der Waals surface area contributed by atoms with E-state index in [1.165, 1.54) is 0 Å². The maximum atomic E-state index is 8.76. The molecule has 0 amide bonds. The SMILES string of the molecule is CCCc1nc2c(C)cc(-c3nc4ccccc4n3C)cc2n1Cc1ccc(-c2ccccc2OOO)cc1. The van der Waals surface area contributed by atoms with Crippen LogP contribution in [0.4, 0.5) is 0 Å². The highest BCUT2D eigenvalue weighted by Crippen LogP contribution is 2.32. The molecule has 196 valence electrons. The average Bonchev–Trinajstić information content (AvgIpc) is 3.47. The van der Waals surface area contributed by atoms with Gasteiger partial charge in [-0.25, -0.2) is 15.2 Å². The van der Waals surface area contributed by atoms with E-state index in [-0.39, 0.29) is 0 Å². The van der Waals surface area contributed by atoms with E-state index in [0.717, 1.165) is 74.4 Å². The number of benzene rings is 4. The van der Waals surface area contributed by atoms with E-state index in [2.05, 4.69) is 83.6 Å². The summed E-state index contributed by atoms with van der Waals surface area (Å²) < 4.78 is 4.50. The number of fused-ring (bicyclic) bond motifs is 2. The van der Waals surface area contributed by atoms with E-state index in [9.17, 15) is 0 Å². The molecule has 7 nitrogen and oxygen atoms in total. The Morgan fingerprint density at radius 1 is 0.846 bits per heavy atom. The first-order valence-electron chi connectivity index (χ1n) is 13.2. The third-order valence-corrected chi connectivity index (χ3v) is 7.26. The average molecular weight is 519 g/mol. The number of rotatable bonds is 8. The van der Waals surface area contributed by atoms with Gasteiger partial charge in [-0.05, 0) is 65.4 Å². The Morgan fingerprint density at radius 2 is 1.62 bits per heavy atom. The summed E-state index contributed by atoms with van der Waals surface area (Å²) >= 11 is 0. The highest BCUT2D eigenvalue weighted by Gasteiger charge is 2.17. The van der Waals surface area contributed by atoms with Crippen molar-refractivity contribution in [2.75, 3.05) is 0 Å². The second-order valence-corrected chi connectivity index (χ2v) is 9.86. The quantitative estimate of drug-likeness (QED) is 0.168. The lowest BCUT2D eigenvalue weighted by molar-refractivity contribution is -0.438. The molecule has 0 fully saturated rings. The first-order chi connectivity index (χ1) is 19.1. The lowest BCUT2D eigenvalue weighted by atomic mass is 10.0. The monoisotopic (exact) mass is 518 g/mol. The Bertz CT molecular complexity index is 1780. The van der Waals surface area contributed by atoms with E-state index >= 15 is 0 Å². The first-order valence-corrected chi connectivity index (χ1v) is 13.2. The predicted octanol–water partition coefficient (Wildman–Crippen LogP) is 7.35. The summed E-state index contributed by atoms with van der Waals surface area (Å²) in [5, 5.41) is 12.7. The minimum absolute atomic E-state index is 0.448. The third-order valence-electron chi connectivity index (χ3n) is 7.26. The lowest BCUT2D eigenvalue weighted by Crippen LogP contribution is -2.05. The van der Waals surface area contributed by atoms with Crippen molar-refractivity contribution < 1.29 is 15.2 Å². The molecule has 0 saturated carbocycles. The van der Waals surface area contributed by atoms with Gasteiger partial charge in [0.2, 0.25) is 0 Å². The van der Waals surface area contributed by atoms with Crippen LogP contribution in [0.2, 0.25) is 0 Å². The van der Waals surface area contributed by atoms with Gasteiger partial charge in [-0.2, -0.15) is 0 Å². The third kappa shape index (κ3) is 4.56. The van der Waals surface area contributed by atoms with Crippen LogP contribution in [0.15, 0.2) is 84.9 Å². The Labute approximate surface area is 226 Å². The van der Waals surface area contributed by atoms with Crippen molar-refractivity contribution in [3.05, 3.63) is 102 Å². The van der Waals surface area contributed by atoms with Crippen LogP contribution in [-0.2, 0) is 25.1 Å². The fraction of sp³-hybridized carbons (Fsp3) is 0.188. The largest absolute Gasteiger partial charge is 0.327 e. The topological polar surface area (TPSA) is 74.3 Å². The molecule has 6 rings (SSSR count). The molecular formula is C32H30N4O3. The van der Waals surface area contributed by atoms with Crippen molar-refractivity contribution in [3.63, 3.8) is 0 Å². The number of hydrogen-bond acceptors (Lipinski definition) is 5. The minimum Gasteiger partial charge on any atom is -0.327 e. The summed E-state index contributed by atoms with van der Waals surface area (Å²) in [7, 11) is 2.07. The molecule has 0 aliphatic heterocycles. The molecule has 4 aromatic carbocycles. The molecule has 7 heteroatoms. The maximum absolute atomic E-state index is 8.76. The second-order valence-electron chi connectivity index (χ2n) is 9.86. The van der Waals surface area contributed by atoms with Gasteiger partial charge >= 0.3 is 0 Å². The molecule has 39 heavy (non-hydrogen) atoms. The smallest absolute Gasteiger partial charge is 0.176 e. The fourth-order valence-electron chi connectivity index (χ4n) is 5.35. The van der Waals surface area contributed by atoms with Crippen LogP contribution in [0, 0.1) is 6.92 Å². The molecule has 2 heterocycles. The van der Waals surface area contributed by atoms with Gasteiger partial charge in [0.25, 0.3) is 0 Å². The summed E-state index contributed by atoms with van der Waals surface area (Å²) in [5.74, 6) is 2.48. The maximum Gasteiger partial charge on any atom is 0.176 e. The molecule has 0 saturated heterocycles. The highest BCUT2D eigenvalue weighted by atomic mass is 17.5. The zero-order chi connectivity index (χ0) is 26.9. The van der Waals surface area contributed by atoms with Gasteiger partial charge in [0.15, 0.2) is 5.75 Å². The van der Waals surface area contributed by atoms with Crippen LogP contribution < -0.4 is 4.89 Å². The Hall–Kier alpha value is -4.46. The van der Waals surface area contributed by atoms with Crippen molar-refractivity contribution in [2.45, 2.75) is 33.2 Å². The van der Waals surface area contributed by atoms with E-state index in [1.54, 1.807) is 6.07 Å². The molecule has 0 atom stereocenters. The standard InChI is InChI=1S/C32H30N4O3/c1-4-9-30-34-31-21(2)18-24(32-33-26-11-6-7-12-27(26)35(32)3)19-28(31)36(30)20-22-14-16-23(17-15-22)25-10-5-8-13-29(25)38-39-37/h5-8,10-19,37H,4,9,20H2,1-3H3. The van der Waals surface area contributed by atoms with Crippen LogP contribution in [0.5, 0.6) is 5.75 Å². The number of imidazole rings is 2. The predicted molar refractivity (Wildman–Crippen MR) is 153 cm³/mol. The summed E-state index contributed by atoms with van der Waals surface area (Å²) in [6.45, 7) is 5.02. The van der Waals surface area contributed by atoms with Crippen molar-refractivity contribution in [2.24, 2.45) is 7.05 Å². The van der Waals surface area contributed by atoms with E-state index < -0.39 is 0 Å². The molecule has 0 radical (unpaired) electrons. The molecule has 0 bridgehead atoms. The van der Waals surface area contributed by atoms with Gasteiger partial charge in [0, 0.05) is 31.1 Å². The normalized spacial score (nSPS) is 11.5. The van der Waals surface area contributed by atoms with Crippen LogP contribution in [0.25, 0.3) is 44.6 Å². The minimum atomic E-state index is 0.448. The van der Waals surface area contributed by atoms with Gasteiger partial charge in [-0.1, -0.05) is 61.5 Å². The van der Waals surface area contributed by atoms with Crippen molar-refractivity contribution in [3.8, 4) is 28.3 Å². The molecule has 0 aliphatic rings. The summed E-state index contributed by atoms with van der Waals surface area (Å²) in [5.41, 5.74) is 9.45. The molecule has 6 aromatic rings. The van der Waals surface area contributed by atoms with E-state index in [4.69, 9.17) is 20.1 Å². The van der Waals surface area contributed by atoms with Crippen molar-refractivity contribution in [1.82, 2.24) is 19.1 Å². The van der Waals surface area contributed by atoms with Gasteiger partial charge < -0.3 is 14.0 Å². The van der Waals surface area contributed by atoms with E-state index in [0.29, 0.717) is 12.3 Å². The summed E-state index contributed by atoms with van der Waals surface area (Å²) in [6.07, 6.45) is 1.92. The van der Waals surface area contributed by atoms with Crippen LogP contribution in [-0.4, -0.2) is 24.4 Å². The van der Waals surface area contributed by atoms with Gasteiger partial charge in [0.1, 0.15) is 11.6 Å². The highest BCUT2D eigenvalue weighted by molar-refractivity contribution is 5.87. The van der Waals surface area contributed by atoms with E-state index in [1.807, 2.05) is 30.3 Å². The van der Waals surface area contributed by atoms with Crippen LogP contribution in [0.3, 0.4) is 0 Å². The Morgan fingerprint density at radius 3 is 2.38 bits per heavy atom. The van der Waals surface area contributed by atoms with Gasteiger partial charge in [0.05, 0.1) is 22.1 Å². The van der Waals surface area contributed by atoms with Gasteiger partial charge in [-0.15, -0.1) is 0 Å². The van der Waals surface area contributed by atoms with Gasteiger partial charge in [-0.3, -0.25) is 0 Å². The molecule has 0 aliphatic carbocycles. The number of hydrogen-bond donors (Lipinski definition) is 1. The zero-order valence-electron chi connectivity index (χ0n) is 22.3. The number of aryl methyl sites for hydroxylation is 3. The first kappa shape index (κ1) is 24.9. The van der Waals surface area contributed by atoms with Crippen molar-refractivity contribution >= 4 is 22.1 Å². The summed E-state index contributed by atoms with van der Waals surface area (Å²) in [6, 6.07) is 28.4. The zero-order valence-corrected chi connectivity index (χ0v) is 22.3. The number of aromatic nitrogens is 4. The summed E-state index contributed by atoms with van der Waals surface area (Å²) in [4.78, 5) is 14.9. The van der Waals surface area contributed by atoms with Crippen LogP contribution >= 0.6 is 0 Å². The Balaban J connectivity index is 1.41. The second kappa shape index (κ2) is 10.4. The number of para-hydroxylation sites is 3. The molecule has 1 N–H and O–H groups in total. The van der Waals surface area contributed by atoms with Crippen molar-refractivity contribution in [1.29, 1.82) is 0 Å². The van der Waals surface area contributed by atoms with Crippen LogP contribution in [0.1, 0.15) is 30.3 Å². The molecule has 2 aromatic heterocycles. The molecule has 0 unspecified atom stereocenters. The molecular weight excluding hydrogens is 488 g/mol. The molecule has 0 spiro atoms. The Kier molecular flexibility index (Phi) is 6.60. The fourth-order valence-corrected chi connectivity index (χ4v) is 5.35.